The van der Waals surface area contributed by atoms with Crippen LogP contribution in [0.5, 0.6) is 0 Å². The van der Waals surface area contributed by atoms with Crippen molar-refractivity contribution in [3.8, 4) is 0 Å². The Morgan fingerprint density at radius 2 is 1.24 bits per heavy atom. The zero-order chi connectivity index (χ0) is 16.7. The first-order valence-corrected chi connectivity index (χ1v) is 7.68. The molecule has 0 aliphatic carbocycles. The third-order valence-electron chi connectivity index (χ3n) is 7.01. The van der Waals surface area contributed by atoms with Crippen LogP contribution < -0.4 is 0 Å². The Bertz CT molecular complexity index is 493. The van der Waals surface area contributed by atoms with Crippen LogP contribution in [0.15, 0.2) is 0 Å². The van der Waals surface area contributed by atoms with E-state index in [0.29, 0.717) is 0 Å². The van der Waals surface area contributed by atoms with E-state index in [9.17, 15) is 4.79 Å². The number of carbonyl (C=O) groups is 1. The average molecular weight is 298 g/mol. The van der Waals surface area contributed by atoms with E-state index in [2.05, 4.69) is 34.6 Å². The van der Waals surface area contributed by atoms with E-state index in [1.807, 2.05) is 27.7 Å². The first-order valence-electron chi connectivity index (χ1n) is 7.68. The lowest BCUT2D eigenvalue weighted by Gasteiger charge is -2.53. The van der Waals surface area contributed by atoms with E-state index < -0.39 is 28.0 Å². The van der Waals surface area contributed by atoms with Gasteiger partial charge in [0.05, 0.1) is 11.0 Å². The normalized spacial score (nSPS) is 46.2. The zero-order valence-electron chi connectivity index (χ0n) is 15.1. The minimum Gasteiger partial charge on any atom is -0.456 e. The van der Waals surface area contributed by atoms with E-state index in [1.54, 1.807) is 0 Å². The van der Waals surface area contributed by atoms with Crippen LogP contribution in [0, 0.1) is 10.8 Å². The summed E-state index contributed by atoms with van der Waals surface area (Å²) < 4.78 is 18.6. The molecule has 0 aromatic rings. The highest BCUT2D eigenvalue weighted by atomic mass is 16.7. The molecule has 2 fully saturated rings. The van der Waals surface area contributed by atoms with Crippen LogP contribution in [-0.4, -0.2) is 28.6 Å². The number of hydrogen-bond acceptors (Lipinski definition) is 4. The Morgan fingerprint density at radius 1 is 0.810 bits per heavy atom. The molecule has 2 rings (SSSR count). The summed E-state index contributed by atoms with van der Waals surface area (Å²) in [5.41, 5.74) is -2.58. The fraction of sp³-hybridized carbons (Fsp3) is 0.941. The average Bonchev–Trinajstić information content (AvgIpc) is 2.39. The van der Waals surface area contributed by atoms with Crippen LogP contribution in [0.4, 0.5) is 0 Å². The Morgan fingerprint density at radius 3 is 1.67 bits per heavy atom. The molecule has 2 saturated heterocycles. The van der Waals surface area contributed by atoms with Gasteiger partial charge in [-0.15, -0.1) is 0 Å². The van der Waals surface area contributed by atoms with Gasteiger partial charge in [-0.3, -0.25) is 4.79 Å². The van der Waals surface area contributed by atoms with E-state index in [-0.39, 0.29) is 11.4 Å². The van der Waals surface area contributed by atoms with Crippen molar-refractivity contribution < 1.29 is 19.0 Å². The van der Waals surface area contributed by atoms with Gasteiger partial charge in [-0.2, -0.15) is 0 Å². The predicted octanol–water partition coefficient (Wildman–Crippen LogP) is 3.67. The van der Waals surface area contributed by atoms with Crippen molar-refractivity contribution in [1.29, 1.82) is 0 Å². The summed E-state index contributed by atoms with van der Waals surface area (Å²) >= 11 is 0. The molecule has 2 aliphatic heterocycles. The topological polar surface area (TPSA) is 44.8 Å². The van der Waals surface area contributed by atoms with Gasteiger partial charge in [-0.1, -0.05) is 13.8 Å². The molecule has 0 unspecified atom stereocenters. The van der Waals surface area contributed by atoms with Crippen LogP contribution in [0.2, 0.25) is 0 Å². The lowest BCUT2D eigenvalue weighted by molar-refractivity contribution is -0.266. The number of esters is 1. The molecule has 0 bridgehead atoms. The molecule has 4 nitrogen and oxygen atoms in total. The van der Waals surface area contributed by atoms with Gasteiger partial charge in [0.15, 0.2) is 5.79 Å². The maximum absolute atomic E-state index is 11.8. The van der Waals surface area contributed by atoms with Crippen molar-refractivity contribution in [1.82, 2.24) is 0 Å². The molecule has 3 atom stereocenters. The SMILES string of the molecule is CC(=O)O[C@@]1(C)C(C)(C)O[C@@]2(C)OC(C)(C)C(C)(C)[C@]21C. The van der Waals surface area contributed by atoms with E-state index in [1.165, 1.54) is 6.92 Å². The molecule has 0 aromatic carbocycles. The van der Waals surface area contributed by atoms with Gasteiger partial charge in [-0.05, 0) is 48.5 Å². The van der Waals surface area contributed by atoms with Crippen molar-refractivity contribution in [2.45, 2.75) is 91.8 Å². The van der Waals surface area contributed by atoms with Crippen molar-refractivity contribution in [3.05, 3.63) is 0 Å². The first kappa shape index (κ1) is 16.8. The molecule has 0 spiro atoms. The summed E-state index contributed by atoms with van der Waals surface area (Å²) in [7, 11) is 0. The molecule has 0 aromatic heterocycles. The van der Waals surface area contributed by atoms with Crippen LogP contribution in [0.3, 0.4) is 0 Å². The summed E-state index contributed by atoms with van der Waals surface area (Å²) in [6.07, 6.45) is 0. The highest BCUT2D eigenvalue weighted by molar-refractivity contribution is 5.67. The fourth-order valence-corrected chi connectivity index (χ4v) is 4.74. The maximum Gasteiger partial charge on any atom is 0.303 e. The summed E-state index contributed by atoms with van der Waals surface area (Å²) in [6.45, 7) is 20.0. The smallest absolute Gasteiger partial charge is 0.303 e. The number of rotatable bonds is 1. The van der Waals surface area contributed by atoms with Crippen molar-refractivity contribution in [2.75, 3.05) is 0 Å². The maximum atomic E-state index is 11.8. The molecule has 2 heterocycles. The van der Waals surface area contributed by atoms with E-state index >= 15 is 0 Å². The standard InChI is InChI=1S/C17H30O4/c1-11(18)19-16(9)14(6,7)21-17(10)15(16,8)12(2,3)13(4,5)20-17/h1-10H3/t15-,16-,17+/m0/s1. The summed E-state index contributed by atoms with van der Waals surface area (Å²) in [5, 5.41) is 0. The molecule has 122 valence electrons. The lowest BCUT2D eigenvalue weighted by Crippen LogP contribution is -2.63. The van der Waals surface area contributed by atoms with Crippen LogP contribution in [0.25, 0.3) is 0 Å². The van der Waals surface area contributed by atoms with Crippen molar-refractivity contribution in [2.24, 2.45) is 10.8 Å². The Kier molecular flexibility index (Phi) is 3.05. The molecular formula is C17H30O4. The molecule has 0 radical (unpaired) electrons. The molecule has 4 heteroatoms. The van der Waals surface area contributed by atoms with Crippen molar-refractivity contribution in [3.63, 3.8) is 0 Å². The highest BCUT2D eigenvalue weighted by Gasteiger charge is 2.84. The molecule has 0 N–H and O–H groups in total. The van der Waals surface area contributed by atoms with Gasteiger partial charge in [0, 0.05) is 12.3 Å². The molecule has 0 saturated carbocycles. The van der Waals surface area contributed by atoms with Gasteiger partial charge in [0.2, 0.25) is 0 Å². The number of ether oxygens (including phenoxy) is 3. The largest absolute Gasteiger partial charge is 0.456 e. The third-order valence-corrected chi connectivity index (χ3v) is 7.01. The van der Waals surface area contributed by atoms with Gasteiger partial charge < -0.3 is 14.2 Å². The second-order valence-corrected chi connectivity index (χ2v) is 8.55. The minimum atomic E-state index is -0.812. The minimum absolute atomic E-state index is 0.257. The summed E-state index contributed by atoms with van der Waals surface area (Å²) in [5.74, 6) is -1.10. The number of hydrogen-bond donors (Lipinski definition) is 0. The highest BCUT2D eigenvalue weighted by Crippen LogP contribution is 2.74. The van der Waals surface area contributed by atoms with Gasteiger partial charge >= 0.3 is 5.97 Å². The number of carbonyl (C=O) groups excluding carboxylic acids is 1. The fourth-order valence-electron chi connectivity index (χ4n) is 4.74. The monoisotopic (exact) mass is 298 g/mol. The first-order chi connectivity index (χ1) is 9.08. The van der Waals surface area contributed by atoms with Crippen molar-refractivity contribution >= 4 is 5.97 Å². The van der Waals surface area contributed by atoms with Crippen LogP contribution in [-0.2, 0) is 19.0 Å². The second kappa shape index (κ2) is 3.83. The molecule has 0 amide bonds. The summed E-state index contributed by atoms with van der Waals surface area (Å²) in [6, 6.07) is 0. The Hall–Kier alpha value is -0.610. The Labute approximate surface area is 128 Å². The molecular weight excluding hydrogens is 268 g/mol. The molecule has 21 heavy (non-hydrogen) atoms. The van der Waals surface area contributed by atoms with Crippen LogP contribution >= 0.6 is 0 Å². The lowest BCUT2D eigenvalue weighted by atomic mass is 9.51. The van der Waals surface area contributed by atoms with Gasteiger partial charge in [-0.25, -0.2) is 0 Å². The second-order valence-electron chi connectivity index (χ2n) is 8.55. The van der Waals surface area contributed by atoms with E-state index in [4.69, 9.17) is 14.2 Å². The molecule has 2 aliphatic rings. The summed E-state index contributed by atoms with van der Waals surface area (Å²) in [4.78, 5) is 11.8. The number of fused-ring (bicyclic) bond motifs is 1. The van der Waals surface area contributed by atoms with Crippen LogP contribution in [0.1, 0.15) is 69.2 Å². The van der Waals surface area contributed by atoms with Gasteiger partial charge in [0.1, 0.15) is 11.2 Å². The van der Waals surface area contributed by atoms with E-state index in [0.717, 1.165) is 0 Å². The van der Waals surface area contributed by atoms with Gasteiger partial charge in [0.25, 0.3) is 0 Å². The third kappa shape index (κ3) is 1.56. The predicted molar refractivity (Wildman–Crippen MR) is 80.8 cm³/mol. The zero-order valence-corrected chi connectivity index (χ0v) is 15.1. The quantitative estimate of drug-likeness (QED) is 0.693. The Balaban J connectivity index is 2.74.